The zero-order valence-corrected chi connectivity index (χ0v) is 21.8. The van der Waals surface area contributed by atoms with Crippen molar-refractivity contribution in [3.8, 4) is 0 Å². The van der Waals surface area contributed by atoms with Gasteiger partial charge in [0.2, 0.25) is 0 Å². The average molecular weight is 463 g/mol. The molecule has 0 amide bonds. The molecule has 0 fully saturated rings. The molecule has 0 aromatic rings. The molecule has 0 radical (unpaired) electrons. The summed E-state index contributed by atoms with van der Waals surface area (Å²) in [6.07, 6.45) is -5.16. The van der Waals surface area contributed by atoms with E-state index in [1.54, 1.807) is 0 Å². The molecule has 0 saturated heterocycles. The van der Waals surface area contributed by atoms with Gasteiger partial charge in [0.1, 0.15) is 0 Å². The van der Waals surface area contributed by atoms with Gasteiger partial charge in [0.25, 0.3) is 0 Å². The molecule has 25 heavy (non-hydrogen) atoms. The Morgan fingerprint density at radius 1 is 0.760 bits per heavy atom. The fourth-order valence-electron chi connectivity index (χ4n) is 2.06. The molecule has 0 aliphatic carbocycles. The molecule has 9 heteroatoms. The Morgan fingerprint density at radius 2 is 1.04 bits per heavy atom. The predicted octanol–water partition coefficient (Wildman–Crippen LogP) is 4.29. The van der Waals surface area contributed by atoms with Crippen LogP contribution >= 0.6 is 12.7 Å². The molecule has 0 bridgehead atoms. The molecular formula is C16H40N3O3P2Se+. The van der Waals surface area contributed by atoms with Gasteiger partial charge in [-0.05, 0) is 0 Å². The first kappa shape index (κ1) is 26.0. The van der Waals surface area contributed by atoms with Crippen LogP contribution in [0.1, 0.15) is 41.5 Å². The molecule has 0 spiro atoms. The third-order valence-electron chi connectivity index (χ3n) is 3.08. The quantitative estimate of drug-likeness (QED) is 0.376. The number of nitrogens with zero attached hydrogens (tertiary/aromatic N) is 3. The van der Waals surface area contributed by atoms with Crippen molar-refractivity contribution in [1.29, 1.82) is 0 Å². The van der Waals surface area contributed by atoms with Gasteiger partial charge < -0.3 is 0 Å². The summed E-state index contributed by atoms with van der Waals surface area (Å²) in [6.45, 7) is 13.3. The molecular weight excluding hydrogens is 423 g/mol. The van der Waals surface area contributed by atoms with Gasteiger partial charge in [-0.3, -0.25) is 0 Å². The van der Waals surface area contributed by atoms with E-state index in [0.717, 1.165) is 0 Å². The molecule has 0 unspecified atom stereocenters. The van der Waals surface area contributed by atoms with E-state index in [9.17, 15) is 4.57 Å². The molecule has 0 saturated carbocycles. The Morgan fingerprint density at radius 3 is 1.24 bits per heavy atom. The van der Waals surface area contributed by atoms with E-state index in [2.05, 4.69) is 55.6 Å². The van der Waals surface area contributed by atoms with E-state index in [0.29, 0.717) is 13.2 Å². The minimum absolute atomic E-state index is 0.0632. The van der Waals surface area contributed by atoms with Gasteiger partial charge >= 0.3 is 162 Å². The monoisotopic (exact) mass is 464 g/mol. The van der Waals surface area contributed by atoms with Crippen LogP contribution in [-0.4, -0.2) is 83.6 Å². The van der Waals surface area contributed by atoms with E-state index in [-0.39, 0.29) is 24.9 Å². The Kier molecular flexibility index (Phi) is 9.82. The van der Waals surface area contributed by atoms with E-state index in [1.807, 2.05) is 42.3 Å². The Balaban J connectivity index is 5.74. The van der Waals surface area contributed by atoms with Crippen LogP contribution in [0.25, 0.3) is 0 Å². The number of hydrogen-bond acceptors (Lipinski definition) is 6. The molecule has 0 atom stereocenters. The van der Waals surface area contributed by atoms with Crippen LogP contribution in [0.4, 0.5) is 0 Å². The van der Waals surface area contributed by atoms with Gasteiger partial charge in [-0.25, -0.2) is 0 Å². The first-order valence-electron chi connectivity index (χ1n) is 8.48. The van der Waals surface area contributed by atoms with Crippen molar-refractivity contribution in [3.05, 3.63) is 0 Å². The second-order valence-electron chi connectivity index (χ2n) is 9.25. The summed E-state index contributed by atoms with van der Waals surface area (Å²) in [5.41, 5.74) is -0.126. The van der Waals surface area contributed by atoms with Gasteiger partial charge in [0.05, 0.1) is 0 Å². The Labute approximate surface area is 162 Å². The van der Waals surface area contributed by atoms with Gasteiger partial charge in [0.15, 0.2) is 0 Å². The van der Waals surface area contributed by atoms with Gasteiger partial charge in [-0.15, -0.1) is 0 Å². The van der Waals surface area contributed by atoms with Crippen molar-refractivity contribution in [2.24, 2.45) is 10.8 Å². The van der Waals surface area contributed by atoms with Crippen molar-refractivity contribution >= 4 is 26.8 Å². The zero-order chi connectivity index (χ0) is 20.3. The number of hydrogen-bond donors (Lipinski definition) is 0. The van der Waals surface area contributed by atoms with Crippen molar-refractivity contribution in [3.63, 3.8) is 0 Å². The van der Waals surface area contributed by atoms with Crippen LogP contribution < -0.4 is 0 Å². The summed E-state index contributed by atoms with van der Waals surface area (Å²) >= 11 is -0.354. The van der Waals surface area contributed by atoms with Gasteiger partial charge in [0, 0.05) is 0 Å². The van der Waals surface area contributed by atoms with E-state index >= 15 is 0 Å². The second kappa shape index (κ2) is 9.45. The summed E-state index contributed by atoms with van der Waals surface area (Å²) in [5.74, 6) is 0. The Hall–Kier alpha value is 0.979. The van der Waals surface area contributed by atoms with Crippen molar-refractivity contribution in [1.82, 2.24) is 14.0 Å². The van der Waals surface area contributed by atoms with Crippen LogP contribution in [0, 0.1) is 10.8 Å². The molecule has 0 aromatic carbocycles. The maximum absolute atomic E-state index is 13.8. The molecule has 0 aliphatic rings. The van der Waals surface area contributed by atoms with Gasteiger partial charge in [-0.1, -0.05) is 0 Å². The van der Waals surface area contributed by atoms with Crippen LogP contribution in [0.15, 0.2) is 0 Å². The summed E-state index contributed by atoms with van der Waals surface area (Å²) in [4.78, 5) is 0. The minimum atomic E-state index is -3.21. The topological polar surface area (TPSA) is 45.3 Å². The normalized spacial score (nSPS) is 14.8. The molecule has 0 rings (SSSR count). The van der Waals surface area contributed by atoms with Crippen molar-refractivity contribution in [2.45, 2.75) is 41.5 Å². The fraction of sp³-hybridized carbons (Fsp3) is 1.00. The molecule has 152 valence electrons. The maximum atomic E-state index is 13.8. The zero-order valence-electron chi connectivity index (χ0n) is 18.3. The Bertz CT molecular complexity index is 417. The predicted molar refractivity (Wildman–Crippen MR) is 112 cm³/mol. The first-order chi connectivity index (χ1) is 11.0. The summed E-state index contributed by atoms with van der Waals surface area (Å²) in [5, 5.41) is 0. The van der Waals surface area contributed by atoms with Crippen molar-refractivity contribution < 1.29 is 13.6 Å². The van der Waals surface area contributed by atoms with Crippen molar-refractivity contribution in [2.75, 3.05) is 55.5 Å². The molecule has 0 N–H and O–H groups in total. The van der Waals surface area contributed by atoms with Gasteiger partial charge in [-0.2, -0.15) is 0 Å². The molecule has 0 heterocycles. The van der Waals surface area contributed by atoms with Crippen LogP contribution in [0.2, 0.25) is 0 Å². The molecule has 0 aliphatic heterocycles. The fourth-order valence-corrected chi connectivity index (χ4v) is 24.4. The van der Waals surface area contributed by atoms with Crippen LogP contribution in [0.3, 0.4) is 0 Å². The molecule has 6 nitrogen and oxygen atoms in total. The third kappa shape index (κ3) is 8.68. The van der Waals surface area contributed by atoms with Crippen LogP contribution in [0.5, 0.6) is 0 Å². The van der Waals surface area contributed by atoms with E-state index in [4.69, 9.17) is 9.05 Å². The summed E-state index contributed by atoms with van der Waals surface area (Å²) in [6, 6.07) is 0. The average Bonchev–Trinajstić information content (AvgIpc) is 2.38. The first-order valence-corrected chi connectivity index (χ1v) is 16.1. The van der Waals surface area contributed by atoms with E-state index < -0.39 is 12.7 Å². The SMILES string of the molecule is CN(C)[P+]([Se]P(=O)(OCC(C)(C)C)OCC(C)(C)C)(N(C)C)N(C)C. The molecule has 0 aromatic heterocycles. The van der Waals surface area contributed by atoms with E-state index in [1.165, 1.54) is 0 Å². The standard InChI is InChI=1S/C16H40N3O3P2Se/c1-15(2,3)13-21-24(20,22-14-16(4,5)6)25-23(17(7)8,18(9)10)19(11)12/h13-14H2,1-12H3/q+1. The van der Waals surface area contributed by atoms with Crippen LogP contribution in [-0.2, 0) is 13.6 Å². The number of rotatable bonds is 9. The third-order valence-corrected chi connectivity index (χ3v) is 24.2. The summed E-state index contributed by atoms with van der Waals surface area (Å²) in [7, 11) is 12.3. The second-order valence-corrected chi connectivity index (χ2v) is 23.7. The summed E-state index contributed by atoms with van der Waals surface area (Å²) < 4.78 is 32.4.